The maximum Gasteiger partial charge on any atom is 0.130 e. The summed E-state index contributed by atoms with van der Waals surface area (Å²) in [7, 11) is 1.67. The third-order valence-corrected chi connectivity index (χ3v) is 5.72. The standard InChI is InChI=1S/C22H27N3O2/c1-27-18-7-8-21-19(13-18)20(14-23-21)22(26)16-25-11-9-24(10-12-25)15-17-5-3-2-4-6-17/h2-8,13-14,22-23,26H,9-12,15-16H2,1H3/p+2/t22-/m0/s1. The summed E-state index contributed by atoms with van der Waals surface area (Å²) in [5.41, 5.74) is 3.41. The molecule has 0 unspecified atom stereocenters. The van der Waals surface area contributed by atoms with E-state index in [1.54, 1.807) is 12.0 Å². The second kappa shape index (κ2) is 8.13. The summed E-state index contributed by atoms with van der Waals surface area (Å²) in [5.74, 6) is 0.820. The van der Waals surface area contributed by atoms with Crippen molar-refractivity contribution < 1.29 is 19.6 Å². The molecule has 0 aliphatic carbocycles. The number of H-pyrrole nitrogens is 1. The van der Waals surface area contributed by atoms with Crippen LogP contribution >= 0.6 is 0 Å². The molecule has 142 valence electrons. The van der Waals surface area contributed by atoms with Crippen molar-refractivity contribution in [3.8, 4) is 5.75 Å². The summed E-state index contributed by atoms with van der Waals surface area (Å²) in [6, 6.07) is 16.7. The van der Waals surface area contributed by atoms with Gasteiger partial charge < -0.3 is 24.6 Å². The number of aromatic nitrogens is 1. The van der Waals surface area contributed by atoms with Gasteiger partial charge in [-0.1, -0.05) is 30.3 Å². The van der Waals surface area contributed by atoms with Gasteiger partial charge in [0.25, 0.3) is 0 Å². The first-order valence-corrected chi connectivity index (χ1v) is 9.77. The van der Waals surface area contributed by atoms with E-state index in [4.69, 9.17) is 4.74 Å². The summed E-state index contributed by atoms with van der Waals surface area (Å²) in [5, 5.41) is 11.9. The molecule has 27 heavy (non-hydrogen) atoms. The van der Waals surface area contributed by atoms with Crippen molar-refractivity contribution in [2.45, 2.75) is 12.6 Å². The van der Waals surface area contributed by atoms with Gasteiger partial charge in [0.2, 0.25) is 0 Å². The molecular weight excluding hydrogens is 338 g/mol. The van der Waals surface area contributed by atoms with E-state index in [-0.39, 0.29) is 0 Å². The molecule has 0 amide bonds. The Morgan fingerprint density at radius 2 is 1.78 bits per heavy atom. The van der Waals surface area contributed by atoms with Crippen molar-refractivity contribution in [3.63, 3.8) is 0 Å². The van der Waals surface area contributed by atoms with E-state index in [9.17, 15) is 5.11 Å². The van der Waals surface area contributed by atoms with Crippen LogP contribution in [0.3, 0.4) is 0 Å². The smallest absolute Gasteiger partial charge is 0.130 e. The van der Waals surface area contributed by atoms with E-state index >= 15 is 0 Å². The van der Waals surface area contributed by atoms with Crippen LogP contribution in [0, 0.1) is 0 Å². The first-order valence-electron chi connectivity index (χ1n) is 9.77. The number of aliphatic hydroxyl groups excluding tert-OH is 1. The first kappa shape index (κ1) is 18.0. The van der Waals surface area contributed by atoms with E-state index in [1.165, 1.54) is 10.5 Å². The Bertz CT molecular complexity index is 870. The van der Waals surface area contributed by atoms with Crippen molar-refractivity contribution in [1.82, 2.24) is 4.98 Å². The SMILES string of the molecule is COc1ccc2[nH]cc([C@@H](O)C[NH+]3CC[NH+](Cc4ccccc4)CC3)c2c1. The molecule has 0 bridgehead atoms. The lowest BCUT2D eigenvalue weighted by molar-refractivity contribution is -1.02. The highest BCUT2D eigenvalue weighted by molar-refractivity contribution is 5.85. The average Bonchev–Trinajstić information content (AvgIpc) is 3.13. The van der Waals surface area contributed by atoms with Crippen molar-refractivity contribution in [3.05, 3.63) is 65.9 Å². The van der Waals surface area contributed by atoms with Gasteiger partial charge in [-0.25, -0.2) is 0 Å². The lowest BCUT2D eigenvalue weighted by atomic mass is 10.1. The molecule has 2 aromatic carbocycles. The molecule has 4 rings (SSSR count). The molecule has 1 atom stereocenters. The van der Waals surface area contributed by atoms with Gasteiger partial charge in [0.05, 0.1) is 7.11 Å². The van der Waals surface area contributed by atoms with Gasteiger partial charge in [0, 0.05) is 28.2 Å². The first-order chi connectivity index (χ1) is 13.2. The molecule has 4 N–H and O–H groups in total. The average molecular weight is 367 g/mol. The molecule has 1 fully saturated rings. The zero-order valence-electron chi connectivity index (χ0n) is 15.9. The second-order valence-corrected chi connectivity index (χ2v) is 7.54. The monoisotopic (exact) mass is 367 g/mol. The van der Waals surface area contributed by atoms with Gasteiger partial charge in [-0.05, 0) is 18.2 Å². The van der Waals surface area contributed by atoms with Crippen LogP contribution in [-0.2, 0) is 6.54 Å². The highest BCUT2D eigenvalue weighted by Crippen LogP contribution is 2.27. The number of nitrogens with one attached hydrogen (secondary N) is 3. The summed E-state index contributed by atoms with van der Waals surface area (Å²) in [6.07, 6.45) is 1.47. The van der Waals surface area contributed by atoms with Crippen molar-refractivity contribution in [1.29, 1.82) is 0 Å². The number of hydrogen-bond acceptors (Lipinski definition) is 2. The molecule has 1 saturated heterocycles. The summed E-state index contributed by atoms with van der Waals surface area (Å²) < 4.78 is 5.33. The maximum atomic E-state index is 10.8. The second-order valence-electron chi connectivity index (χ2n) is 7.54. The number of quaternary nitrogens is 2. The van der Waals surface area contributed by atoms with Crippen molar-refractivity contribution >= 4 is 10.9 Å². The number of rotatable bonds is 6. The molecular formula is C22H29N3O2+2. The Balaban J connectivity index is 1.35. The molecule has 1 aromatic heterocycles. The zero-order valence-corrected chi connectivity index (χ0v) is 15.9. The van der Waals surface area contributed by atoms with Crippen LogP contribution in [0.25, 0.3) is 10.9 Å². The predicted molar refractivity (Wildman–Crippen MR) is 106 cm³/mol. The van der Waals surface area contributed by atoms with Crippen molar-refractivity contribution in [2.75, 3.05) is 39.8 Å². The van der Waals surface area contributed by atoms with E-state index in [0.29, 0.717) is 0 Å². The minimum atomic E-state index is -0.462. The minimum Gasteiger partial charge on any atom is -0.497 e. The van der Waals surface area contributed by atoms with Gasteiger partial charge in [-0.3, -0.25) is 0 Å². The number of hydrogen-bond donors (Lipinski definition) is 4. The van der Waals surface area contributed by atoms with Gasteiger partial charge in [-0.15, -0.1) is 0 Å². The molecule has 0 spiro atoms. The number of piperazine rings is 1. The van der Waals surface area contributed by atoms with Crippen LogP contribution < -0.4 is 14.5 Å². The lowest BCUT2D eigenvalue weighted by Gasteiger charge is -2.30. The molecule has 0 saturated carbocycles. The number of fused-ring (bicyclic) bond motifs is 1. The van der Waals surface area contributed by atoms with Crippen molar-refractivity contribution in [2.24, 2.45) is 0 Å². The molecule has 5 nitrogen and oxygen atoms in total. The predicted octanol–water partition coefficient (Wildman–Crippen LogP) is 0.194. The number of aromatic amines is 1. The third kappa shape index (κ3) is 4.16. The molecule has 3 aromatic rings. The van der Waals surface area contributed by atoms with Gasteiger partial charge in [-0.2, -0.15) is 0 Å². The zero-order chi connectivity index (χ0) is 18.6. The Labute approximate surface area is 160 Å². The Morgan fingerprint density at radius 1 is 1.04 bits per heavy atom. The number of ether oxygens (including phenoxy) is 1. The van der Waals surface area contributed by atoms with E-state index in [2.05, 4.69) is 35.3 Å². The largest absolute Gasteiger partial charge is 0.497 e. The fraction of sp³-hybridized carbons (Fsp3) is 0.364. The van der Waals surface area contributed by atoms with Crippen LogP contribution in [0.2, 0.25) is 0 Å². The normalized spacial score (nSPS) is 21.3. The highest BCUT2D eigenvalue weighted by atomic mass is 16.5. The van der Waals surface area contributed by atoms with Crippen LogP contribution in [0.4, 0.5) is 0 Å². The van der Waals surface area contributed by atoms with Crippen LogP contribution in [0.15, 0.2) is 54.7 Å². The Morgan fingerprint density at radius 3 is 2.52 bits per heavy atom. The van der Waals surface area contributed by atoms with Gasteiger partial charge in [0.1, 0.15) is 51.1 Å². The quantitative estimate of drug-likeness (QED) is 0.503. The molecule has 1 aliphatic rings. The van der Waals surface area contributed by atoms with Crippen LogP contribution in [0.5, 0.6) is 5.75 Å². The third-order valence-electron chi connectivity index (χ3n) is 5.72. The molecule has 2 heterocycles. The summed E-state index contributed by atoms with van der Waals surface area (Å²) in [6.45, 7) is 6.36. The number of aliphatic hydroxyl groups is 1. The van der Waals surface area contributed by atoms with Crippen LogP contribution in [0.1, 0.15) is 17.2 Å². The Hall–Kier alpha value is -2.34. The van der Waals surface area contributed by atoms with E-state index in [0.717, 1.165) is 61.5 Å². The fourth-order valence-corrected chi connectivity index (χ4v) is 4.13. The molecule has 1 aliphatic heterocycles. The summed E-state index contributed by atoms with van der Waals surface area (Å²) in [4.78, 5) is 6.38. The highest BCUT2D eigenvalue weighted by Gasteiger charge is 2.26. The summed E-state index contributed by atoms with van der Waals surface area (Å²) >= 11 is 0. The van der Waals surface area contributed by atoms with Gasteiger partial charge >= 0.3 is 0 Å². The molecule has 5 heteroatoms. The number of benzene rings is 2. The Kier molecular flexibility index (Phi) is 5.43. The number of methoxy groups -OCH3 is 1. The van der Waals surface area contributed by atoms with Gasteiger partial charge in [0.15, 0.2) is 0 Å². The fourth-order valence-electron chi connectivity index (χ4n) is 4.13. The van der Waals surface area contributed by atoms with Crippen LogP contribution in [-0.4, -0.2) is 49.9 Å². The lowest BCUT2D eigenvalue weighted by Crippen LogP contribution is -3.27. The topological polar surface area (TPSA) is 54.1 Å². The maximum absolute atomic E-state index is 10.8. The van der Waals surface area contributed by atoms with E-state index < -0.39 is 6.10 Å². The molecule has 0 radical (unpaired) electrons. The van der Waals surface area contributed by atoms with E-state index in [1.807, 2.05) is 24.4 Å². The minimum absolute atomic E-state index is 0.462.